The Morgan fingerprint density at radius 3 is 2.45 bits per heavy atom. The van der Waals surface area contributed by atoms with Crippen LogP contribution in [0.15, 0.2) is 48.5 Å². The van der Waals surface area contributed by atoms with E-state index in [0.29, 0.717) is 22.9 Å². The SMILES string of the molecule is CCCCCNc1c(C#N)c(C(=O)c2ccc(C)cc2)nn1-c1ccc(Cl)cc1. The van der Waals surface area contributed by atoms with E-state index in [1.165, 1.54) is 0 Å². The molecule has 0 aliphatic carbocycles. The fraction of sp³-hybridized carbons (Fsp3) is 0.261. The summed E-state index contributed by atoms with van der Waals surface area (Å²) in [7, 11) is 0. The number of nitrogens with one attached hydrogen (secondary N) is 1. The number of anilines is 1. The first-order valence-corrected chi connectivity index (χ1v) is 10.1. The monoisotopic (exact) mass is 406 g/mol. The van der Waals surface area contributed by atoms with E-state index >= 15 is 0 Å². The maximum atomic E-state index is 13.1. The quantitative estimate of drug-likeness (QED) is 0.394. The average Bonchev–Trinajstić information content (AvgIpc) is 3.10. The number of hydrogen-bond donors (Lipinski definition) is 1. The average molecular weight is 407 g/mol. The highest BCUT2D eigenvalue weighted by Gasteiger charge is 2.24. The molecule has 1 aromatic heterocycles. The topological polar surface area (TPSA) is 70.7 Å². The molecule has 0 amide bonds. The first kappa shape index (κ1) is 20.6. The summed E-state index contributed by atoms with van der Waals surface area (Å²) in [5.41, 5.74) is 2.69. The van der Waals surface area contributed by atoms with Crippen molar-refractivity contribution in [2.75, 3.05) is 11.9 Å². The molecule has 0 spiro atoms. The summed E-state index contributed by atoms with van der Waals surface area (Å²) in [5, 5.41) is 18.3. The van der Waals surface area contributed by atoms with Gasteiger partial charge in [-0.3, -0.25) is 4.79 Å². The van der Waals surface area contributed by atoms with E-state index in [1.54, 1.807) is 28.9 Å². The van der Waals surface area contributed by atoms with Crippen LogP contribution in [0.5, 0.6) is 0 Å². The molecular formula is C23H23ClN4O. The number of aromatic nitrogens is 2. The van der Waals surface area contributed by atoms with E-state index in [2.05, 4.69) is 23.4 Å². The van der Waals surface area contributed by atoms with Gasteiger partial charge in [0.15, 0.2) is 5.69 Å². The molecule has 2 aromatic carbocycles. The third-order valence-corrected chi connectivity index (χ3v) is 4.92. The van der Waals surface area contributed by atoms with Gasteiger partial charge in [0.25, 0.3) is 0 Å². The van der Waals surface area contributed by atoms with Crippen LogP contribution in [0.3, 0.4) is 0 Å². The van der Waals surface area contributed by atoms with Gasteiger partial charge in [0.2, 0.25) is 5.78 Å². The van der Waals surface area contributed by atoms with Crippen LogP contribution in [0.2, 0.25) is 5.02 Å². The zero-order valence-corrected chi connectivity index (χ0v) is 17.3. The highest BCUT2D eigenvalue weighted by molar-refractivity contribution is 6.30. The summed E-state index contributed by atoms with van der Waals surface area (Å²) in [6.07, 6.45) is 3.15. The van der Waals surface area contributed by atoms with Crippen LogP contribution < -0.4 is 5.32 Å². The second kappa shape index (κ2) is 9.40. The van der Waals surface area contributed by atoms with Crippen molar-refractivity contribution in [2.45, 2.75) is 33.1 Å². The Bertz CT molecular complexity index is 1030. The highest BCUT2D eigenvalue weighted by Crippen LogP contribution is 2.26. The van der Waals surface area contributed by atoms with E-state index in [1.807, 2.05) is 31.2 Å². The number of halogens is 1. The molecule has 0 atom stereocenters. The largest absolute Gasteiger partial charge is 0.369 e. The molecule has 148 valence electrons. The van der Waals surface area contributed by atoms with Crippen molar-refractivity contribution in [3.8, 4) is 11.8 Å². The number of carbonyl (C=O) groups is 1. The molecule has 3 aromatic rings. The predicted octanol–water partition coefficient (Wildman–Crippen LogP) is 5.54. The van der Waals surface area contributed by atoms with E-state index in [4.69, 9.17) is 11.6 Å². The van der Waals surface area contributed by atoms with Gasteiger partial charge in [-0.1, -0.05) is 61.2 Å². The van der Waals surface area contributed by atoms with E-state index < -0.39 is 0 Å². The Balaban J connectivity index is 2.06. The standard InChI is InChI=1S/C23H23ClN4O/c1-3-4-5-14-26-23-20(15-25)21(22(29)17-8-6-16(2)7-9-17)27-28(23)19-12-10-18(24)11-13-19/h6-13,26H,3-5,14H2,1-2H3. The number of hydrogen-bond acceptors (Lipinski definition) is 4. The summed E-state index contributed by atoms with van der Waals surface area (Å²) >= 11 is 6.01. The Kier molecular flexibility index (Phi) is 6.69. The van der Waals surface area contributed by atoms with Gasteiger partial charge >= 0.3 is 0 Å². The molecule has 0 saturated carbocycles. The molecule has 0 aliphatic heterocycles. The van der Waals surface area contributed by atoms with Crippen molar-refractivity contribution in [1.82, 2.24) is 9.78 Å². The van der Waals surface area contributed by atoms with Crippen LogP contribution in [-0.2, 0) is 0 Å². The molecule has 0 aliphatic rings. The Morgan fingerprint density at radius 2 is 1.83 bits per heavy atom. The summed E-state index contributed by atoms with van der Waals surface area (Å²) in [4.78, 5) is 13.1. The Morgan fingerprint density at radius 1 is 1.14 bits per heavy atom. The Hall–Kier alpha value is -3.10. The minimum atomic E-state index is -0.272. The van der Waals surface area contributed by atoms with Crippen molar-refractivity contribution in [3.05, 3.63) is 75.9 Å². The molecule has 0 radical (unpaired) electrons. The lowest BCUT2D eigenvalue weighted by Gasteiger charge is -2.10. The minimum Gasteiger partial charge on any atom is -0.369 e. The third-order valence-electron chi connectivity index (χ3n) is 4.67. The number of benzene rings is 2. The molecule has 1 heterocycles. The maximum Gasteiger partial charge on any atom is 0.214 e. The van der Waals surface area contributed by atoms with Crippen LogP contribution in [0.1, 0.15) is 53.4 Å². The van der Waals surface area contributed by atoms with Gasteiger partial charge in [0, 0.05) is 17.1 Å². The normalized spacial score (nSPS) is 10.6. The first-order valence-electron chi connectivity index (χ1n) is 9.69. The van der Waals surface area contributed by atoms with Crippen LogP contribution in [0.4, 0.5) is 5.82 Å². The summed E-state index contributed by atoms with van der Waals surface area (Å²) < 4.78 is 1.61. The number of aryl methyl sites for hydroxylation is 1. The van der Waals surface area contributed by atoms with Crippen molar-refractivity contribution in [3.63, 3.8) is 0 Å². The first-order chi connectivity index (χ1) is 14.0. The molecular weight excluding hydrogens is 384 g/mol. The van der Waals surface area contributed by atoms with Crippen LogP contribution in [-0.4, -0.2) is 22.1 Å². The fourth-order valence-electron chi connectivity index (χ4n) is 3.04. The fourth-order valence-corrected chi connectivity index (χ4v) is 3.16. The summed E-state index contributed by atoms with van der Waals surface area (Å²) in [6, 6.07) is 16.6. The van der Waals surface area contributed by atoms with Crippen molar-refractivity contribution in [2.24, 2.45) is 0 Å². The van der Waals surface area contributed by atoms with Crippen molar-refractivity contribution < 1.29 is 4.79 Å². The van der Waals surface area contributed by atoms with Gasteiger partial charge in [-0.2, -0.15) is 10.4 Å². The van der Waals surface area contributed by atoms with Gasteiger partial charge in [-0.25, -0.2) is 4.68 Å². The lowest BCUT2D eigenvalue weighted by Crippen LogP contribution is -2.08. The summed E-state index contributed by atoms with van der Waals surface area (Å²) in [5.74, 6) is 0.257. The highest BCUT2D eigenvalue weighted by atomic mass is 35.5. The summed E-state index contributed by atoms with van der Waals surface area (Å²) in [6.45, 7) is 4.79. The molecule has 3 rings (SSSR count). The number of unbranched alkanes of at least 4 members (excludes halogenated alkanes) is 2. The Labute approximate surface area is 175 Å². The second-order valence-corrected chi connectivity index (χ2v) is 7.34. The molecule has 1 N–H and O–H groups in total. The van der Waals surface area contributed by atoms with Crippen molar-refractivity contribution in [1.29, 1.82) is 5.26 Å². The molecule has 29 heavy (non-hydrogen) atoms. The molecule has 0 saturated heterocycles. The molecule has 0 bridgehead atoms. The lowest BCUT2D eigenvalue weighted by molar-refractivity contribution is 0.103. The predicted molar refractivity (Wildman–Crippen MR) is 116 cm³/mol. The number of rotatable bonds is 8. The van der Waals surface area contributed by atoms with Gasteiger partial charge < -0.3 is 5.32 Å². The zero-order chi connectivity index (χ0) is 20.8. The van der Waals surface area contributed by atoms with E-state index in [-0.39, 0.29) is 17.0 Å². The van der Waals surface area contributed by atoms with Gasteiger partial charge in [-0.05, 0) is 37.6 Å². The molecule has 5 nitrogen and oxygen atoms in total. The van der Waals surface area contributed by atoms with Gasteiger partial charge in [0.1, 0.15) is 17.5 Å². The van der Waals surface area contributed by atoms with Crippen LogP contribution in [0.25, 0.3) is 5.69 Å². The number of nitrogens with zero attached hydrogens (tertiary/aromatic N) is 3. The van der Waals surface area contributed by atoms with Crippen molar-refractivity contribution >= 4 is 23.2 Å². The number of ketones is 1. The molecule has 6 heteroatoms. The van der Waals surface area contributed by atoms with Crippen LogP contribution >= 0.6 is 11.6 Å². The van der Waals surface area contributed by atoms with E-state index in [9.17, 15) is 10.1 Å². The van der Waals surface area contributed by atoms with E-state index in [0.717, 1.165) is 30.5 Å². The minimum absolute atomic E-state index is 0.143. The maximum absolute atomic E-state index is 13.1. The second-order valence-electron chi connectivity index (χ2n) is 6.90. The number of carbonyl (C=O) groups excluding carboxylic acids is 1. The molecule has 0 unspecified atom stereocenters. The lowest BCUT2D eigenvalue weighted by atomic mass is 10.0. The zero-order valence-electron chi connectivity index (χ0n) is 16.6. The third kappa shape index (κ3) is 4.67. The van der Waals surface area contributed by atoms with Gasteiger partial charge in [0.05, 0.1) is 5.69 Å². The molecule has 0 fully saturated rings. The van der Waals surface area contributed by atoms with Gasteiger partial charge in [-0.15, -0.1) is 0 Å². The van der Waals surface area contributed by atoms with Crippen LogP contribution in [0, 0.1) is 18.3 Å². The smallest absolute Gasteiger partial charge is 0.214 e. The number of nitriles is 1.